The molecule has 0 atom stereocenters. The molecule has 1 fully saturated rings. The molecule has 0 bridgehead atoms. The van der Waals surface area contributed by atoms with Crippen LogP contribution in [0.3, 0.4) is 0 Å². The van der Waals surface area contributed by atoms with Crippen molar-refractivity contribution in [2.24, 2.45) is 11.7 Å². The van der Waals surface area contributed by atoms with Crippen molar-refractivity contribution in [1.82, 2.24) is 4.31 Å². The molecule has 0 aliphatic carbocycles. The molecule has 1 aromatic rings. The predicted molar refractivity (Wildman–Crippen MR) is 73.6 cm³/mol. The second-order valence-electron chi connectivity index (χ2n) is 4.93. The van der Waals surface area contributed by atoms with Gasteiger partial charge in [0.25, 0.3) is 0 Å². The number of nitro groups is 1. The fraction of sp³-hybridized carbons (Fsp3) is 0.500. The standard InChI is InChI=1S/C12H16FN3O4S/c13-10-2-1-3-11(12(10)16(17)18)21(19,20)15-6-4-9(8-14)5-7-15/h1-3,9H,4-8,14H2. The Morgan fingerprint density at radius 1 is 1.38 bits per heavy atom. The van der Waals surface area contributed by atoms with E-state index in [4.69, 9.17) is 5.73 Å². The van der Waals surface area contributed by atoms with E-state index in [0.717, 1.165) is 22.5 Å². The van der Waals surface area contributed by atoms with E-state index in [9.17, 15) is 22.9 Å². The fourth-order valence-corrected chi connectivity index (χ4v) is 4.04. The van der Waals surface area contributed by atoms with Crippen LogP contribution in [0.2, 0.25) is 0 Å². The lowest BCUT2D eigenvalue weighted by Gasteiger charge is -2.30. The Bertz CT molecular complexity index is 642. The lowest BCUT2D eigenvalue weighted by molar-refractivity contribution is -0.390. The summed E-state index contributed by atoms with van der Waals surface area (Å²) < 4.78 is 39.7. The molecule has 2 N–H and O–H groups in total. The molecule has 1 heterocycles. The van der Waals surface area contributed by atoms with Gasteiger partial charge in [-0.2, -0.15) is 8.70 Å². The molecular weight excluding hydrogens is 301 g/mol. The Kier molecular flexibility index (Phi) is 4.55. The topological polar surface area (TPSA) is 107 Å². The normalized spacial score (nSPS) is 17.8. The van der Waals surface area contributed by atoms with Gasteiger partial charge in [-0.05, 0) is 37.4 Å². The SMILES string of the molecule is NCC1CCN(S(=O)(=O)c2cccc(F)c2[N+](=O)[O-])CC1. The quantitative estimate of drug-likeness (QED) is 0.661. The number of halogens is 1. The zero-order valence-electron chi connectivity index (χ0n) is 11.2. The molecule has 116 valence electrons. The number of benzene rings is 1. The van der Waals surface area contributed by atoms with Gasteiger partial charge >= 0.3 is 5.69 Å². The third kappa shape index (κ3) is 3.04. The van der Waals surface area contributed by atoms with E-state index in [2.05, 4.69) is 0 Å². The van der Waals surface area contributed by atoms with Gasteiger partial charge in [0.05, 0.1) is 4.92 Å². The lowest BCUT2D eigenvalue weighted by atomic mass is 9.99. The molecule has 0 spiro atoms. The molecule has 21 heavy (non-hydrogen) atoms. The summed E-state index contributed by atoms with van der Waals surface area (Å²) in [7, 11) is -4.08. The first-order chi connectivity index (χ1) is 9.87. The van der Waals surface area contributed by atoms with Crippen LogP contribution in [0.1, 0.15) is 12.8 Å². The minimum absolute atomic E-state index is 0.234. The highest BCUT2D eigenvalue weighted by Gasteiger charge is 2.35. The van der Waals surface area contributed by atoms with Crippen LogP contribution in [0.4, 0.5) is 10.1 Å². The van der Waals surface area contributed by atoms with Crippen LogP contribution in [0.15, 0.2) is 23.1 Å². The van der Waals surface area contributed by atoms with Crippen molar-refractivity contribution in [2.75, 3.05) is 19.6 Å². The van der Waals surface area contributed by atoms with Gasteiger partial charge in [0, 0.05) is 13.1 Å². The average molecular weight is 317 g/mol. The predicted octanol–water partition coefficient (Wildman–Crippen LogP) is 1.09. The first-order valence-corrected chi connectivity index (χ1v) is 7.95. The number of para-hydroxylation sites is 1. The summed E-state index contributed by atoms with van der Waals surface area (Å²) in [5.74, 6) is -0.906. The molecule has 0 amide bonds. The van der Waals surface area contributed by atoms with Crippen LogP contribution < -0.4 is 5.73 Å². The van der Waals surface area contributed by atoms with Crippen molar-refractivity contribution in [2.45, 2.75) is 17.7 Å². The van der Waals surface area contributed by atoms with Crippen molar-refractivity contribution in [3.63, 3.8) is 0 Å². The number of nitrogens with two attached hydrogens (primary N) is 1. The van der Waals surface area contributed by atoms with E-state index in [1.54, 1.807) is 0 Å². The Hall–Kier alpha value is -1.58. The van der Waals surface area contributed by atoms with Gasteiger partial charge < -0.3 is 5.73 Å². The third-order valence-electron chi connectivity index (χ3n) is 3.66. The molecule has 9 heteroatoms. The number of nitrogens with zero attached hydrogens (tertiary/aromatic N) is 2. The second-order valence-corrected chi connectivity index (χ2v) is 6.83. The number of nitro benzene ring substituents is 1. The summed E-state index contributed by atoms with van der Waals surface area (Å²) in [6.07, 6.45) is 1.19. The maximum atomic E-state index is 13.6. The van der Waals surface area contributed by atoms with Crippen LogP contribution in [-0.2, 0) is 10.0 Å². The van der Waals surface area contributed by atoms with Gasteiger partial charge in [-0.25, -0.2) is 8.42 Å². The maximum absolute atomic E-state index is 13.6. The largest absolute Gasteiger partial charge is 0.330 e. The summed E-state index contributed by atoms with van der Waals surface area (Å²) in [6.45, 7) is 0.948. The maximum Gasteiger partial charge on any atom is 0.324 e. The summed E-state index contributed by atoms with van der Waals surface area (Å²) in [6, 6.07) is 3.09. The highest BCUT2D eigenvalue weighted by Crippen LogP contribution is 2.31. The Labute approximate surface area is 121 Å². The number of hydrogen-bond donors (Lipinski definition) is 1. The molecule has 2 rings (SSSR count). The van der Waals surface area contributed by atoms with Crippen molar-refractivity contribution < 1.29 is 17.7 Å². The van der Waals surface area contributed by atoms with E-state index in [0.29, 0.717) is 19.4 Å². The monoisotopic (exact) mass is 317 g/mol. The fourth-order valence-electron chi connectivity index (χ4n) is 2.41. The molecule has 0 unspecified atom stereocenters. The number of sulfonamides is 1. The Morgan fingerprint density at radius 3 is 2.52 bits per heavy atom. The van der Waals surface area contributed by atoms with Gasteiger partial charge in [-0.1, -0.05) is 6.07 Å². The smallest absolute Gasteiger partial charge is 0.324 e. The van der Waals surface area contributed by atoms with Crippen molar-refractivity contribution in [3.05, 3.63) is 34.1 Å². The molecule has 1 aromatic carbocycles. The first kappa shape index (κ1) is 15.8. The molecule has 7 nitrogen and oxygen atoms in total. The third-order valence-corrected chi connectivity index (χ3v) is 5.59. The minimum atomic E-state index is -4.08. The molecular formula is C12H16FN3O4S. The van der Waals surface area contributed by atoms with Gasteiger partial charge in [0.15, 0.2) is 4.90 Å². The zero-order valence-corrected chi connectivity index (χ0v) is 12.1. The van der Waals surface area contributed by atoms with Crippen molar-refractivity contribution in [1.29, 1.82) is 0 Å². The van der Waals surface area contributed by atoms with Crippen LogP contribution in [-0.4, -0.2) is 37.3 Å². The van der Waals surface area contributed by atoms with Crippen LogP contribution in [0, 0.1) is 21.8 Å². The second kappa shape index (κ2) is 6.04. The van der Waals surface area contributed by atoms with Gasteiger partial charge in [0.1, 0.15) is 0 Å². The van der Waals surface area contributed by atoms with Crippen LogP contribution in [0.5, 0.6) is 0 Å². The summed E-state index contributed by atoms with van der Waals surface area (Å²) in [5, 5.41) is 10.9. The number of piperidine rings is 1. The lowest BCUT2D eigenvalue weighted by Crippen LogP contribution is -2.40. The summed E-state index contributed by atoms with van der Waals surface area (Å²) in [5.41, 5.74) is 4.54. The number of rotatable bonds is 4. The van der Waals surface area contributed by atoms with Crippen LogP contribution in [0.25, 0.3) is 0 Å². The first-order valence-electron chi connectivity index (χ1n) is 6.51. The van der Waals surface area contributed by atoms with Crippen molar-refractivity contribution in [3.8, 4) is 0 Å². The molecule has 1 saturated heterocycles. The highest BCUT2D eigenvalue weighted by molar-refractivity contribution is 7.89. The summed E-state index contributed by atoms with van der Waals surface area (Å²) in [4.78, 5) is 9.33. The van der Waals surface area contributed by atoms with Gasteiger partial charge in [-0.3, -0.25) is 10.1 Å². The van der Waals surface area contributed by atoms with E-state index in [1.807, 2.05) is 0 Å². The Balaban J connectivity index is 2.37. The average Bonchev–Trinajstić information content (AvgIpc) is 2.46. The molecule has 1 aliphatic heterocycles. The number of hydrogen-bond acceptors (Lipinski definition) is 5. The molecule has 0 radical (unpaired) electrons. The highest BCUT2D eigenvalue weighted by atomic mass is 32.2. The van der Waals surface area contributed by atoms with Gasteiger partial charge in [-0.15, -0.1) is 0 Å². The van der Waals surface area contributed by atoms with E-state index < -0.39 is 31.3 Å². The summed E-state index contributed by atoms with van der Waals surface area (Å²) >= 11 is 0. The minimum Gasteiger partial charge on any atom is -0.330 e. The molecule has 1 aliphatic rings. The van der Waals surface area contributed by atoms with Gasteiger partial charge in [0.2, 0.25) is 15.8 Å². The molecule has 0 aromatic heterocycles. The molecule has 0 saturated carbocycles. The Morgan fingerprint density at radius 2 is 2.00 bits per heavy atom. The van der Waals surface area contributed by atoms with E-state index in [-0.39, 0.29) is 19.0 Å². The van der Waals surface area contributed by atoms with Crippen molar-refractivity contribution >= 4 is 15.7 Å². The van der Waals surface area contributed by atoms with E-state index >= 15 is 0 Å². The van der Waals surface area contributed by atoms with Crippen LogP contribution >= 0.6 is 0 Å². The van der Waals surface area contributed by atoms with E-state index in [1.165, 1.54) is 0 Å². The zero-order chi connectivity index (χ0) is 15.6.